The lowest BCUT2D eigenvalue weighted by molar-refractivity contribution is 0.116. The van der Waals surface area contributed by atoms with Crippen LogP contribution in [0, 0.1) is 11.8 Å². The van der Waals surface area contributed by atoms with E-state index in [1.807, 2.05) is 7.05 Å². The van der Waals surface area contributed by atoms with Crippen molar-refractivity contribution in [3.8, 4) is 11.5 Å². The van der Waals surface area contributed by atoms with Gasteiger partial charge in [-0.3, -0.25) is 9.13 Å². The molecule has 8 nitrogen and oxygen atoms in total. The van der Waals surface area contributed by atoms with Crippen LogP contribution in [0.25, 0.3) is 22.6 Å². The second-order valence-corrected chi connectivity index (χ2v) is 9.28. The molecule has 0 spiro atoms. The molecule has 1 saturated heterocycles. The van der Waals surface area contributed by atoms with Crippen LogP contribution in [0.15, 0.2) is 37.9 Å². The number of pyridine rings is 1. The summed E-state index contributed by atoms with van der Waals surface area (Å²) in [5.74, 6) is -2.62. The maximum atomic E-state index is 15.0. The van der Waals surface area contributed by atoms with Crippen LogP contribution in [0.3, 0.4) is 0 Å². The van der Waals surface area contributed by atoms with Gasteiger partial charge >= 0.3 is 12.1 Å². The van der Waals surface area contributed by atoms with Gasteiger partial charge in [0.25, 0.3) is 5.89 Å². The van der Waals surface area contributed by atoms with Gasteiger partial charge in [0.1, 0.15) is 5.82 Å². The number of aromatic nitrogens is 5. The summed E-state index contributed by atoms with van der Waals surface area (Å²) in [6, 6.07) is 5.29. The van der Waals surface area contributed by atoms with E-state index in [1.54, 1.807) is 4.57 Å². The molecule has 0 amide bonds. The molecule has 0 unspecified atom stereocenters. The highest BCUT2D eigenvalue weighted by Crippen LogP contribution is 2.29. The molecule has 13 heteroatoms. The first-order valence-corrected chi connectivity index (χ1v) is 11.6. The molecule has 0 saturated carbocycles. The fourth-order valence-corrected chi connectivity index (χ4v) is 4.62. The Labute approximate surface area is 204 Å². The van der Waals surface area contributed by atoms with Crippen molar-refractivity contribution in [1.29, 1.82) is 0 Å². The van der Waals surface area contributed by atoms with Gasteiger partial charge in [-0.25, -0.2) is 9.18 Å². The number of alkyl halides is 2. The summed E-state index contributed by atoms with van der Waals surface area (Å²) in [6.45, 7) is 1.40. The number of likely N-dealkylation sites (tertiary alicyclic amines) is 1. The van der Waals surface area contributed by atoms with Crippen LogP contribution < -0.4 is 5.69 Å². The van der Waals surface area contributed by atoms with Crippen LogP contribution in [0.1, 0.15) is 36.8 Å². The SMILES string of the molecule is CN1CCC(n2c(=O)n(Cc3ccc(-c4nnc(C(F)F)o4)cc3F)c3nc(F)c(Br)cc32)CC1. The van der Waals surface area contributed by atoms with Crippen LogP contribution in [0.2, 0.25) is 0 Å². The van der Waals surface area contributed by atoms with Crippen molar-refractivity contribution < 1.29 is 22.0 Å². The van der Waals surface area contributed by atoms with E-state index in [2.05, 4.69) is 36.0 Å². The fourth-order valence-electron chi connectivity index (χ4n) is 4.31. The lowest BCUT2D eigenvalue weighted by Crippen LogP contribution is -2.36. The van der Waals surface area contributed by atoms with Crippen molar-refractivity contribution in [2.24, 2.45) is 0 Å². The molecule has 1 fully saturated rings. The molecule has 3 aromatic heterocycles. The summed E-state index contributed by atoms with van der Waals surface area (Å²) in [5.41, 5.74) is 0.384. The minimum Gasteiger partial charge on any atom is -0.415 e. The lowest BCUT2D eigenvalue weighted by Gasteiger charge is -2.29. The van der Waals surface area contributed by atoms with Gasteiger partial charge in [0, 0.05) is 17.2 Å². The maximum Gasteiger partial charge on any atom is 0.330 e. The van der Waals surface area contributed by atoms with Crippen molar-refractivity contribution in [2.45, 2.75) is 31.9 Å². The number of rotatable bonds is 5. The molecule has 4 heterocycles. The van der Waals surface area contributed by atoms with E-state index in [-0.39, 0.29) is 39.7 Å². The Balaban J connectivity index is 1.54. The molecular formula is C22H19BrF4N6O2. The summed E-state index contributed by atoms with van der Waals surface area (Å²) in [5, 5.41) is 6.75. The third-order valence-corrected chi connectivity index (χ3v) is 6.71. The van der Waals surface area contributed by atoms with Crippen molar-refractivity contribution >= 4 is 27.1 Å². The zero-order valence-corrected chi connectivity index (χ0v) is 20.0. The van der Waals surface area contributed by atoms with Crippen molar-refractivity contribution in [2.75, 3.05) is 20.1 Å². The van der Waals surface area contributed by atoms with E-state index < -0.39 is 29.8 Å². The Morgan fingerprint density at radius 3 is 2.57 bits per heavy atom. The highest BCUT2D eigenvalue weighted by Gasteiger charge is 2.26. The van der Waals surface area contributed by atoms with Crippen molar-refractivity contribution in [3.05, 3.63) is 62.4 Å². The summed E-state index contributed by atoms with van der Waals surface area (Å²) >= 11 is 3.14. The molecule has 1 aromatic carbocycles. The van der Waals surface area contributed by atoms with Gasteiger partial charge in [-0.15, -0.1) is 10.2 Å². The number of imidazole rings is 1. The number of halogens is 5. The van der Waals surface area contributed by atoms with E-state index >= 15 is 0 Å². The minimum absolute atomic E-state index is 0.101. The Morgan fingerprint density at radius 1 is 1.17 bits per heavy atom. The molecule has 1 aliphatic heterocycles. The van der Waals surface area contributed by atoms with Crippen LogP contribution in [0.4, 0.5) is 17.6 Å². The van der Waals surface area contributed by atoms with E-state index in [0.29, 0.717) is 5.52 Å². The number of benzene rings is 1. The standard InChI is InChI=1S/C22H19BrF4N6O2/c1-31-6-4-13(5-7-31)33-16-9-14(23)18(27)28-19(16)32(22(33)34)10-12-3-2-11(8-15(12)24)20-29-30-21(35-20)17(25)26/h2-3,8-9,13,17H,4-7,10H2,1H3. The van der Waals surface area contributed by atoms with E-state index in [1.165, 1.54) is 22.8 Å². The van der Waals surface area contributed by atoms with E-state index in [0.717, 1.165) is 32.0 Å². The largest absolute Gasteiger partial charge is 0.415 e. The average molecular weight is 555 g/mol. The van der Waals surface area contributed by atoms with Crippen LogP contribution in [-0.2, 0) is 6.54 Å². The monoisotopic (exact) mass is 554 g/mol. The fraction of sp³-hybridized carbons (Fsp3) is 0.364. The van der Waals surface area contributed by atoms with E-state index in [4.69, 9.17) is 4.42 Å². The maximum absolute atomic E-state index is 15.0. The molecule has 0 N–H and O–H groups in total. The zero-order valence-electron chi connectivity index (χ0n) is 18.4. The lowest BCUT2D eigenvalue weighted by atomic mass is 10.1. The van der Waals surface area contributed by atoms with Gasteiger partial charge in [0.05, 0.1) is 16.5 Å². The first-order valence-electron chi connectivity index (χ1n) is 10.8. The van der Waals surface area contributed by atoms with Gasteiger partial charge in [0.15, 0.2) is 5.65 Å². The van der Waals surface area contributed by atoms with Crippen LogP contribution >= 0.6 is 15.9 Å². The summed E-state index contributed by atoms with van der Waals surface area (Å²) in [7, 11) is 2.00. The average Bonchev–Trinajstić information content (AvgIpc) is 3.41. The molecule has 1 aliphatic rings. The van der Waals surface area contributed by atoms with Gasteiger partial charge < -0.3 is 9.32 Å². The van der Waals surface area contributed by atoms with Gasteiger partial charge in [-0.05, 0) is 67.1 Å². The quantitative estimate of drug-likeness (QED) is 0.266. The minimum atomic E-state index is -2.94. The van der Waals surface area contributed by atoms with Crippen molar-refractivity contribution in [3.63, 3.8) is 0 Å². The predicted octanol–water partition coefficient (Wildman–Crippen LogP) is 4.54. The number of hydrogen-bond acceptors (Lipinski definition) is 6. The van der Waals surface area contributed by atoms with Crippen LogP contribution in [0.5, 0.6) is 0 Å². The predicted molar refractivity (Wildman–Crippen MR) is 121 cm³/mol. The molecule has 0 aliphatic carbocycles. The molecule has 35 heavy (non-hydrogen) atoms. The Morgan fingerprint density at radius 2 is 1.91 bits per heavy atom. The van der Waals surface area contributed by atoms with Crippen LogP contribution in [-0.4, -0.2) is 49.4 Å². The topological polar surface area (TPSA) is 82.0 Å². The third kappa shape index (κ3) is 4.38. The zero-order chi connectivity index (χ0) is 24.9. The molecule has 4 aromatic rings. The molecule has 0 radical (unpaired) electrons. The second-order valence-electron chi connectivity index (χ2n) is 8.43. The summed E-state index contributed by atoms with van der Waals surface area (Å²) < 4.78 is 62.6. The summed E-state index contributed by atoms with van der Waals surface area (Å²) in [6.07, 6.45) is -1.47. The second kappa shape index (κ2) is 9.19. The smallest absolute Gasteiger partial charge is 0.330 e. The van der Waals surface area contributed by atoms with Gasteiger partial charge in [-0.2, -0.15) is 18.2 Å². The Kier molecular flexibility index (Phi) is 6.21. The normalized spacial score (nSPS) is 15.5. The van der Waals surface area contributed by atoms with Crippen molar-refractivity contribution in [1.82, 2.24) is 29.2 Å². The highest BCUT2D eigenvalue weighted by molar-refractivity contribution is 9.10. The Hall–Kier alpha value is -3.06. The third-order valence-electron chi connectivity index (χ3n) is 6.15. The molecule has 0 atom stereocenters. The number of fused-ring (bicyclic) bond motifs is 1. The number of piperidine rings is 1. The molecule has 184 valence electrons. The first-order chi connectivity index (χ1) is 16.7. The molecule has 5 rings (SSSR count). The highest BCUT2D eigenvalue weighted by atomic mass is 79.9. The number of hydrogen-bond donors (Lipinski definition) is 0. The van der Waals surface area contributed by atoms with E-state index in [9.17, 15) is 22.4 Å². The molecular weight excluding hydrogens is 536 g/mol. The first kappa shape index (κ1) is 23.7. The molecule has 0 bridgehead atoms. The van der Waals surface area contributed by atoms with Gasteiger partial charge in [-0.1, -0.05) is 6.07 Å². The Bertz CT molecular complexity index is 1460. The summed E-state index contributed by atoms with van der Waals surface area (Å²) in [4.78, 5) is 19.6. The van der Waals surface area contributed by atoms with Gasteiger partial charge in [0.2, 0.25) is 11.8 Å². The number of nitrogens with zero attached hydrogens (tertiary/aromatic N) is 6.